The molecular weight excluding hydrogens is 188 g/mol. The fraction of sp³-hybridized carbons (Fsp3) is 0.917. The number of nitrogens with one attached hydrogen (secondary N) is 2. The van der Waals surface area contributed by atoms with Crippen molar-refractivity contribution in [1.29, 1.82) is 0 Å². The number of carbonyl (C=O) groups excluding carboxylic acids is 1. The maximum absolute atomic E-state index is 11.4. The van der Waals surface area contributed by atoms with E-state index in [4.69, 9.17) is 0 Å². The first kappa shape index (κ1) is 12.3. The molecule has 0 aromatic carbocycles. The standard InChI is InChI=1S/C12H24N2O/c1-10(2)7-8-13-12(15)14-9-11-5-3-4-6-11/h10-11H,3-9H2,1-2H3,(H2,13,14,15). The van der Waals surface area contributed by atoms with Gasteiger partial charge in [0.15, 0.2) is 0 Å². The summed E-state index contributed by atoms with van der Waals surface area (Å²) in [7, 11) is 0. The molecule has 0 bridgehead atoms. The van der Waals surface area contributed by atoms with E-state index in [2.05, 4.69) is 24.5 Å². The first-order valence-electron chi connectivity index (χ1n) is 6.20. The summed E-state index contributed by atoms with van der Waals surface area (Å²) in [5, 5.41) is 5.84. The van der Waals surface area contributed by atoms with Gasteiger partial charge in [-0.3, -0.25) is 0 Å². The minimum Gasteiger partial charge on any atom is -0.338 e. The van der Waals surface area contributed by atoms with Crippen molar-refractivity contribution < 1.29 is 4.79 Å². The summed E-state index contributed by atoms with van der Waals surface area (Å²) in [6, 6.07) is 0.00236. The summed E-state index contributed by atoms with van der Waals surface area (Å²) in [6.07, 6.45) is 6.29. The van der Waals surface area contributed by atoms with E-state index < -0.39 is 0 Å². The normalized spacial score (nSPS) is 17.0. The highest BCUT2D eigenvalue weighted by molar-refractivity contribution is 5.73. The Morgan fingerprint density at radius 2 is 1.93 bits per heavy atom. The van der Waals surface area contributed by atoms with Crippen LogP contribution in [0.4, 0.5) is 4.79 Å². The Morgan fingerprint density at radius 1 is 1.27 bits per heavy atom. The van der Waals surface area contributed by atoms with Gasteiger partial charge in [0.2, 0.25) is 0 Å². The first-order valence-corrected chi connectivity index (χ1v) is 6.20. The molecule has 2 amide bonds. The van der Waals surface area contributed by atoms with E-state index in [0.717, 1.165) is 25.4 Å². The molecule has 1 fully saturated rings. The number of hydrogen-bond donors (Lipinski definition) is 2. The molecule has 2 N–H and O–H groups in total. The maximum atomic E-state index is 11.4. The number of amides is 2. The van der Waals surface area contributed by atoms with Crippen LogP contribution in [0, 0.1) is 11.8 Å². The highest BCUT2D eigenvalue weighted by Gasteiger charge is 2.15. The quantitative estimate of drug-likeness (QED) is 0.722. The van der Waals surface area contributed by atoms with Gasteiger partial charge < -0.3 is 10.6 Å². The topological polar surface area (TPSA) is 41.1 Å². The summed E-state index contributed by atoms with van der Waals surface area (Å²) in [4.78, 5) is 11.4. The summed E-state index contributed by atoms with van der Waals surface area (Å²) in [6.45, 7) is 5.97. The number of carbonyl (C=O) groups is 1. The second-order valence-corrected chi connectivity index (χ2v) is 4.97. The Kier molecular flexibility index (Phi) is 5.51. The van der Waals surface area contributed by atoms with Gasteiger partial charge in [-0.2, -0.15) is 0 Å². The van der Waals surface area contributed by atoms with Gasteiger partial charge in [0.25, 0.3) is 0 Å². The fourth-order valence-corrected chi connectivity index (χ4v) is 1.99. The van der Waals surface area contributed by atoms with Crippen LogP contribution in [-0.4, -0.2) is 19.1 Å². The lowest BCUT2D eigenvalue weighted by molar-refractivity contribution is 0.238. The van der Waals surface area contributed by atoms with Gasteiger partial charge in [-0.15, -0.1) is 0 Å². The third kappa shape index (κ3) is 5.65. The van der Waals surface area contributed by atoms with Crippen molar-refractivity contribution in [2.45, 2.75) is 46.0 Å². The Balaban J connectivity index is 1.98. The van der Waals surface area contributed by atoms with Crippen LogP contribution in [0.3, 0.4) is 0 Å². The van der Waals surface area contributed by atoms with Crippen LogP contribution in [-0.2, 0) is 0 Å². The summed E-state index contributed by atoms with van der Waals surface area (Å²) >= 11 is 0. The van der Waals surface area contributed by atoms with Crippen molar-refractivity contribution in [3.8, 4) is 0 Å². The Labute approximate surface area is 93.0 Å². The van der Waals surface area contributed by atoms with E-state index in [0.29, 0.717) is 5.92 Å². The lowest BCUT2D eigenvalue weighted by Crippen LogP contribution is -2.38. The third-order valence-corrected chi connectivity index (χ3v) is 3.03. The molecule has 0 heterocycles. The molecule has 0 radical (unpaired) electrons. The van der Waals surface area contributed by atoms with E-state index in [1.54, 1.807) is 0 Å². The molecule has 0 aromatic heterocycles. The maximum Gasteiger partial charge on any atom is 0.314 e. The zero-order chi connectivity index (χ0) is 11.1. The van der Waals surface area contributed by atoms with Crippen molar-refractivity contribution in [2.24, 2.45) is 11.8 Å². The van der Waals surface area contributed by atoms with Crippen LogP contribution in [0.2, 0.25) is 0 Å². The molecule has 3 heteroatoms. The smallest absolute Gasteiger partial charge is 0.314 e. The molecule has 0 unspecified atom stereocenters. The highest BCUT2D eigenvalue weighted by Crippen LogP contribution is 2.23. The minimum absolute atomic E-state index is 0.00236. The molecule has 1 saturated carbocycles. The fourth-order valence-electron chi connectivity index (χ4n) is 1.99. The van der Waals surface area contributed by atoms with Crippen molar-refractivity contribution in [1.82, 2.24) is 10.6 Å². The van der Waals surface area contributed by atoms with Crippen LogP contribution < -0.4 is 10.6 Å². The average molecular weight is 212 g/mol. The molecular formula is C12H24N2O. The predicted molar refractivity (Wildman–Crippen MR) is 62.8 cm³/mol. The largest absolute Gasteiger partial charge is 0.338 e. The van der Waals surface area contributed by atoms with Gasteiger partial charge in [-0.25, -0.2) is 4.79 Å². The molecule has 0 saturated heterocycles. The average Bonchev–Trinajstić information content (AvgIpc) is 2.66. The Bertz CT molecular complexity index is 186. The van der Waals surface area contributed by atoms with Gasteiger partial charge in [-0.05, 0) is 31.1 Å². The Hall–Kier alpha value is -0.730. The number of urea groups is 1. The van der Waals surface area contributed by atoms with E-state index in [1.807, 2.05) is 0 Å². The van der Waals surface area contributed by atoms with Crippen LogP contribution in [0.1, 0.15) is 46.0 Å². The molecule has 0 aromatic rings. The second kappa shape index (κ2) is 6.70. The molecule has 1 aliphatic carbocycles. The van der Waals surface area contributed by atoms with E-state index in [9.17, 15) is 4.79 Å². The first-order chi connectivity index (χ1) is 7.18. The predicted octanol–water partition coefficient (Wildman–Crippen LogP) is 2.52. The zero-order valence-corrected chi connectivity index (χ0v) is 10.0. The second-order valence-electron chi connectivity index (χ2n) is 4.97. The summed E-state index contributed by atoms with van der Waals surface area (Å²) in [5.41, 5.74) is 0. The summed E-state index contributed by atoms with van der Waals surface area (Å²) in [5.74, 6) is 1.38. The highest BCUT2D eigenvalue weighted by atomic mass is 16.2. The van der Waals surface area contributed by atoms with Gasteiger partial charge in [-0.1, -0.05) is 26.7 Å². The lowest BCUT2D eigenvalue weighted by atomic mass is 10.1. The van der Waals surface area contributed by atoms with Crippen LogP contribution in [0.5, 0.6) is 0 Å². The monoisotopic (exact) mass is 212 g/mol. The van der Waals surface area contributed by atoms with Crippen LogP contribution in [0.25, 0.3) is 0 Å². The molecule has 1 aliphatic rings. The van der Waals surface area contributed by atoms with E-state index in [-0.39, 0.29) is 6.03 Å². The lowest BCUT2D eigenvalue weighted by Gasteiger charge is -2.12. The minimum atomic E-state index is 0.00236. The van der Waals surface area contributed by atoms with Crippen molar-refractivity contribution in [3.63, 3.8) is 0 Å². The van der Waals surface area contributed by atoms with Crippen molar-refractivity contribution >= 4 is 6.03 Å². The van der Waals surface area contributed by atoms with Gasteiger partial charge >= 0.3 is 6.03 Å². The zero-order valence-electron chi connectivity index (χ0n) is 10.0. The molecule has 1 rings (SSSR count). The number of rotatable bonds is 5. The van der Waals surface area contributed by atoms with Crippen molar-refractivity contribution in [3.05, 3.63) is 0 Å². The molecule has 3 nitrogen and oxygen atoms in total. The van der Waals surface area contributed by atoms with Gasteiger partial charge in [0, 0.05) is 13.1 Å². The molecule has 88 valence electrons. The van der Waals surface area contributed by atoms with E-state index in [1.165, 1.54) is 25.7 Å². The SMILES string of the molecule is CC(C)CCNC(=O)NCC1CCCC1. The molecule has 0 spiro atoms. The van der Waals surface area contributed by atoms with Crippen LogP contribution >= 0.6 is 0 Å². The molecule has 0 atom stereocenters. The van der Waals surface area contributed by atoms with Crippen LogP contribution in [0.15, 0.2) is 0 Å². The third-order valence-electron chi connectivity index (χ3n) is 3.03. The van der Waals surface area contributed by atoms with E-state index >= 15 is 0 Å². The van der Waals surface area contributed by atoms with Crippen molar-refractivity contribution in [2.75, 3.05) is 13.1 Å². The van der Waals surface area contributed by atoms with Gasteiger partial charge in [0.05, 0.1) is 0 Å². The summed E-state index contributed by atoms with van der Waals surface area (Å²) < 4.78 is 0. The molecule has 15 heavy (non-hydrogen) atoms. The Morgan fingerprint density at radius 3 is 2.53 bits per heavy atom. The number of hydrogen-bond acceptors (Lipinski definition) is 1. The molecule has 0 aliphatic heterocycles. The van der Waals surface area contributed by atoms with Gasteiger partial charge in [0.1, 0.15) is 0 Å².